The smallest absolute Gasteiger partial charge is 0.407 e. The quantitative estimate of drug-likeness (QED) is 0.519. The minimum absolute atomic E-state index is 0.00855. The van der Waals surface area contributed by atoms with Crippen molar-refractivity contribution in [1.29, 1.82) is 5.26 Å². The van der Waals surface area contributed by atoms with Crippen LogP contribution >= 0.6 is 0 Å². The molecule has 2 heterocycles. The van der Waals surface area contributed by atoms with E-state index in [0.29, 0.717) is 23.8 Å². The van der Waals surface area contributed by atoms with Crippen molar-refractivity contribution < 1.29 is 13.9 Å². The first-order valence-electron chi connectivity index (χ1n) is 13.7. The second-order valence-electron chi connectivity index (χ2n) is 11.2. The molecule has 0 radical (unpaired) electrons. The molecule has 1 unspecified atom stereocenters. The molecule has 2 aliphatic heterocycles. The van der Waals surface area contributed by atoms with E-state index in [9.17, 15) is 9.18 Å². The lowest BCUT2D eigenvalue weighted by Crippen LogP contribution is -2.54. The van der Waals surface area contributed by atoms with E-state index in [1.807, 2.05) is 30.3 Å². The zero-order valence-electron chi connectivity index (χ0n) is 22.3. The molecule has 2 fully saturated rings. The number of carbonyl (C=O) groups is 1. The summed E-state index contributed by atoms with van der Waals surface area (Å²) in [6.07, 6.45) is 6.32. The summed E-state index contributed by atoms with van der Waals surface area (Å²) in [6.45, 7) is 7.43. The predicted molar refractivity (Wildman–Crippen MR) is 146 cm³/mol. The fourth-order valence-electron chi connectivity index (χ4n) is 6.78. The second kappa shape index (κ2) is 11.2. The third kappa shape index (κ3) is 5.28. The number of piperidine rings is 1. The average Bonchev–Trinajstić information content (AvgIpc) is 3.39. The highest BCUT2D eigenvalue weighted by Gasteiger charge is 2.48. The minimum atomic E-state index is -0.421. The van der Waals surface area contributed by atoms with Crippen molar-refractivity contribution in [2.75, 3.05) is 44.7 Å². The van der Waals surface area contributed by atoms with Gasteiger partial charge in [-0.3, -0.25) is 0 Å². The fraction of sp³-hybridized carbons (Fsp3) is 0.484. The fourth-order valence-corrected chi connectivity index (χ4v) is 6.78. The van der Waals surface area contributed by atoms with Gasteiger partial charge in [0.25, 0.3) is 0 Å². The largest absolute Gasteiger partial charge is 0.445 e. The van der Waals surface area contributed by atoms with Crippen molar-refractivity contribution >= 4 is 11.8 Å². The molecule has 0 aromatic heterocycles. The highest BCUT2D eigenvalue weighted by molar-refractivity contribution is 5.67. The van der Waals surface area contributed by atoms with Gasteiger partial charge in [0, 0.05) is 56.0 Å². The molecule has 2 aromatic carbocycles. The Hall–Kier alpha value is -3.37. The zero-order chi connectivity index (χ0) is 26.7. The molecule has 2 saturated heterocycles. The third-order valence-electron chi connectivity index (χ3n) is 8.98. The molecule has 6 nitrogen and oxygen atoms in total. The summed E-state index contributed by atoms with van der Waals surface area (Å²) in [5.41, 5.74) is 2.51. The van der Waals surface area contributed by atoms with Gasteiger partial charge in [0.1, 0.15) is 11.9 Å². The molecular weight excluding hydrogens is 479 g/mol. The standard InChI is InChI=1S/C31H37FN4O2/c1-31(25-5-3-6-26(32)17-25,28-7-4-8-29(28)38-30(37)34-2)24-13-15-35(16-14-24)19-23-20-36(21-23)27-11-9-22(18-33)10-12-27/h3-7,9-12,17,23-24,28-29H,8,13-16,19-21H2,1-2H3,(H,34,37)/t28-,29-,31?/m0/s1. The van der Waals surface area contributed by atoms with E-state index in [1.165, 1.54) is 11.8 Å². The Bertz CT molecular complexity index is 1200. The van der Waals surface area contributed by atoms with Crippen LogP contribution in [0.4, 0.5) is 14.9 Å². The van der Waals surface area contributed by atoms with Crippen LogP contribution in [0.1, 0.15) is 37.3 Å². The molecule has 38 heavy (non-hydrogen) atoms. The van der Waals surface area contributed by atoms with Crippen LogP contribution in [0.2, 0.25) is 0 Å². The van der Waals surface area contributed by atoms with Gasteiger partial charge in [-0.05, 0) is 73.8 Å². The van der Waals surface area contributed by atoms with Crippen molar-refractivity contribution in [2.24, 2.45) is 17.8 Å². The highest BCUT2D eigenvalue weighted by Crippen LogP contribution is 2.49. The highest BCUT2D eigenvalue weighted by atomic mass is 19.1. The molecule has 5 rings (SSSR count). The lowest BCUT2D eigenvalue weighted by Gasteiger charge is -2.49. The van der Waals surface area contributed by atoms with Gasteiger partial charge in [0.05, 0.1) is 11.6 Å². The molecule has 3 aliphatic rings. The van der Waals surface area contributed by atoms with E-state index in [0.717, 1.165) is 51.1 Å². The maximum absolute atomic E-state index is 14.4. The SMILES string of the molecule is CNC(=O)O[C@H]1CC=C[C@@H]1C(C)(c1cccc(F)c1)C1CCN(CC2CN(c3ccc(C#N)cc3)C2)CC1. The van der Waals surface area contributed by atoms with Gasteiger partial charge in [-0.1, -0.05) is 31.2 Å². The number of hydrogen-bond acceptors (Lipinski definition) is 5. The summed E-state index contributed by atoms with van der Waals surface area (Å²) in [5.74, 6) is 0.750. The molecular formula is C31H37FN4O2. The molecule has 1 aliphatic carbocycles. The van der Waals surface area contributed by atoms with Crippen LogP contribution in [-0.2, 0) is 10.2 Å². The molecule has 1 amide bonds. The number of rotatable bonds is 7. The minimum Gasteiger partial charge on any atom is -0.445 e. The van der Waals surface area contributed by atoms with Crippen LogP contribution in [0.25, 0.3) is 0 Å². The number of nitrogens with one attached hydrogen (secondary N) is 1. The van der Waals surface area contributed by atoms with Gasteiger partial charge < -0.3 is 19.9 Å². The summed E-state index contributed by atoms with van der Waals surface area (Å²) in [4.78, 5) is 17.0. The predicted octanol–water partition coefficient (Wildman–Crippen LogP) is 5.10. The molecule has 0 saturated carbocycles. The van der Waals surface area contributed by atoms with Gasteiger partial charge >= 0.3 is 6.09 Å². The topological polar surface area (TPSA) is 68.6 Å². The van der Waals surface area contributed by atoms with Gasteiger partial charge in [-0.15, -0.1) is 0 Å². The van der Waals surface area contributed by atoms with E-state index < -0.39 is 6.09 Å². The number of likely N-dealkylation sites (tertiary alicyclic amines) is 1. The van der Waals surface area contributed by atoms with Crippen molar-refractivity contribution in [1.82, 2.24) is 10.2 Å². The van der Waals surface area contributed by atoms with E-state index in [1.54, 1.807) is 19.2 Å². The number of nitrogens with zero attached hydrogens (tertiary/aromatic N) is 3. The summed E-state index contributed by atoms with van der Waals surface area (Å²) in [7, 11) is 1.58. The van der Waals surface area contributed by atoms with Gasteiger partial charge in [0.15, 0.2) is 0 Å². The number of carbonyl (C=O) groups excluding carboxylic acids is 1. The van der Waals surface area contributed by atoms with E-state index in [2.05, 4.69) is 40.3 Å². The Morgan fingerprint density at radius 2 is 1.92 bits per heavy atom. The first-order chi connectivity index (χ1) is 18.4. The molecule has 0 bridgehead atoms. The first kappa shape index (κ1) is 26.2. The van der Waals surface area contributed by atoms with E-state index in [4.69, 9.17) is 10.00 Å². The van der Waals surface area contributed by atoms with Crippen molar-refractivity contribution in [3.8, 4) is 6.07 Å². The number of amides is 1. The van der Waals surface area contributed by atoms with Crippen LogP contribution in [0.3, 0.4) is 0 Å². The summed E-state index contributed by atoms with van der Waals surface area (Å²) in [5, 5.41) is 11.6. The number of halogens is 1. The number of hydrogen-bond donors (Lipinski definition) is 1. The molecule has 0 spiro atoms. The summed E-state index contributed by atoms with van der Waals surface area (Å²) >= 11 is 0. The molecule has 3 atom stereocenters. The Labute approximate surface area is 225 Å². The lowest BCUT2D eigenvalue weighted by atomic mass is 9.60. The molecule has 7 heteroatoms. The normalized spacial score (nSPS) is 23.9. The number of ether oxygens (including phenoxy) is 1. The van der Waals surface area contributed by atoms with Crippen LogP contribution in [0.15, 0.2) is 60.7 Å². The van der Waals surface area contributed by atoms with Gasteiger partial charge in [-0.25, -0.2) is 9.18 Å². The summed E-state index contributed by atoms with van der Waals surface area (Å²) in [6, 6.07) is 17.0. The maximum Gasteiger partial charge on any atom is 0.407 e. The van der Waals surface area contributed by atoms with E-state index in [-0.39, 0.29) is 23.3 Å². The van der Waals surface area contributed by atoms with Gasteiger partial charge in [-0.2, -0.15) is 5.26 Å². The van der Waals surface area contributed by atoms with Crippen molar-refractivity contribution in [3.63, 3.8) is 0 Å². The number of anilines is 1. The van der Waals surface area contributed by atoms with Crippen LogP contribution in [0.5, 0.6) is 0 Å². The number of nitriles is 1. The van der Waals surface area contributed by atoms with Crippen LogP contribution in [-0.4, -0.2) is 56.9 Å². The first-order valence-corrected chi connectivity index (χ1v) is 13.7. The van der Waals surface area contributed by atoms with Crippen LogP contribution < -0.4 is 10.2 Å². The number of benzene rings is 2. The molecule has 200 valence electrons. The lowest BCUT2D eigenvalue weighted by molar-refractivity contribution is 0.0281. The Balaban J connectivity index is 1.23. The van der Waals surface area contributed by atoms with Crippen molar-refractivity contribution in [2.45, 2.75) is 37.7 Å². The Morgan fingerprint density at radius 3 is 2.58 bits per heavy atom. The van der Waals surface area contributed by atoms with Gasteiger partial charge in [0.2, 0.25) is 0 Å². The average molecular weight is 517 g/mol. The molecule has 2 aromatic rings. The van der Waals surface area contributed by atoms with Crippen molar-refractivity contribution in [3.05, 3.63) is 77.6 Å². The Kier molecular flexibility index (Phi) is 7.71. The molecule has 1 N–H and O–H groups in total. The summed E-state index contributed by atoms with van der Waals surface area (Å²) < 4.78 is 20.2. The maximum atomic E-state index is 14.4. The zero-order valence-corrected chi connectivity index (χ0v) is 22.3. The number of alkyl carbamates (subject to hydrolysis) is 1. The van der Waals surface area contributed by atoms with E-state index >= 15 is 0 Å². The second-order valence-corrected chi connectivity index (χ2v) is 11.2. The monoisotopic (exact) mass is 516 g/mol. The third-order valence-corrected chi connectivity index (χ3v) is 8.98. The van der Waals surface area contributed by atoms with Crippen LogP contribution in [0, 0.1) is 34.9 Å². The Morgan fingerprint density at radius 1 is 1.18 bits per heavy atom.